The molecule has 2 fully saturated rings. The highest BCUT2D eigenvalue weighted by atomic mass is 14.8. The molecule has 0 aromatic heterocycles. The monoisotopic (exact) mass is 855 g/mol. The number of para-hydroxylation sites is 2. The summed E-state index contributed by atoms with van der Waals surface area (Å²) in [6.07, 6.45) is 12.7. The molecular formula is C57H86N6. The molecule has 0 bridgehead atoms. The van der Waals surface area contributed by atoms with Gasteiger partial charge in [-0.2, -0.15) is 15.0 Å². The van der Waals surface area contributed by atoms with E-state index < -0.39 is 0 Å². The van der Waals surface area contributed by atoms with Gasteiger partial charge in [0.25, 0.3) is 0 Å². The van der Waals surface area contributed by atoms with Crippen molar-refractivity contribution >= 4 is 35.1 Å². The van der Waals surface area contributed by atoms with Gasteiger partial charge in [-0.05, 0) is 144 Å². The van der Waals surface area contributed by atoms with Crippen LogP contribution in [0.4, 0.5) is 17.1 Å². The van der Waals surface area contributed by atoms with E-state index in [0.717, 1.165) is 40.4 Å². The Hall–Kier alpha value is -4.20. The average molecular weight is 855 g/mol. The van der Waals surface area contributed by atoms with E-state index in [9.17, 15) is 0 Å². The van der Waals surface area contributed by atoms with Crippen LogP contribution in [0.15, 0.2) is 72.4 Å². The molecule has 0 N–H and O–H groups in total. The third-order valence-corrected chi connectivity index (χ3v) is 13.3. The molecule has 63 heavy (non-hydrogen) atoms. The molecule has 0 amide bonds. The largest absolute Gasteiger partial charge is 0.229 e. The first-order valence-electron chi connectivity index (χ1n) is 24.6. The SMILES string of the molecule is CN=C=NC1CCC(CC2CCC(C)CC2)CC1.CN=C=Nc1c(C(C)C)cc(C(C)C)c(C)c1C(C)C.Cc1cccc(C(C)C)c1N=C=Nc1c(C(C)C)cccc1C(C)C. The van der Waals surface area contributed by atoms with Crippen molar-refractivity contribution in [2.24, 2.45) is 47.7 Å². The zero-order valence-electron chi connectivity index (χ0n) is 42.9. The lowest BCUT2D eigenvalue weighted by molar-refractivity contribution is 0.212. The third-order valence-electron chi connectivity index (χ3n) is 13.3. The van der Waals surface area contributed by atoms with Crippen LogP contribution in [-0.4, -0.2) is 38.2 Å². The minimum atomic E-state index is 0.420. The molecule has 2 aliphatic carbocycles. The summed E-state index contributed by atoms with van der Waals surface area (Å²) >= 11 is 0. The molecule has 0 spiro atoms. The van der Waals surface area contributed by atoms with Crippen LogP contribution in [0.2, 0.25) is 0 Å². The fourth-order valence-electron chi connectivity index (χ4n) is 9.56. The van der Waals surface area contributed by atoms with Gasteiger partial charge < -0.3 is 0 Å². The number of aryl methyl sites for hydroxylation is 1. The second kappa shape index (κ2) is 26.6. The second-order valence-corrected chi connectivity index (χ2v) is 20.4. The van der Waals surface area contributed by atoms with Crippen LogP contribution in [0.25, 0.3) is 0 Å². The molecule has 344 valence electrons. The van der Waals surface area contributed by atoms with Crippen molar-refractivity contribution in [2.45, 2.75) is 203 Å². The van der Waals surface area contributed by atoms with Crippen LogP contribution < -0.4 is 0 Å². The van der Waals surface area contributed by atoms with Crippen molar-refractivity contribution in [3.8, 4) is 0 Å². The highest BCUT2D eigenvalue weighted by molar-refractivity contribution is 5.67. The van der Waals surface area contributed by atoms with Gasteiger partial charge in [-0.3, -0.25) is 0 Å². The molecule has 0 radical (unpaired) electrons. The maximum absolute atomic E-state index is 4.67. The van der Waals surface area contributed by atoms with Crippen molar-refractivity contribution in [1.29, 1.82) is 0 Å². The smallest absolute Gasteiger partial charge is 0.101 e. The van der Waals surface area contributed by atoms with Gasteiger partial charge in [0.2, 0.25) is 0 Å². The lowest BCUT2D eigenvalue weighted by atomic mass is 9.75. The third kappa shape index (κ3) is 16.1. The van der Waals surface area contributed by atoms with E-state index in [1.54, 1.807) is 14.1 Å². The fraction of sp³-hybridized carbons (Fsp3) is 0.632. The molecule has 3 aromatic rings. The van der Waals surface area contributed by atoms with E-state index in [1.165, 1.54) is 96.7 Å². The topological polar surface area (TPSA) is 74.2 Å². The predicted octanol–water partition coefficient (Wildman–Crippen LogP) is 17.9. The normalized spacial score (nSPS) is 18.5. The van der Waals surface area contributed by atoms with Crippen LogP contribution in [0, 0.1) is 31.6 Å². The highest BCUT2D eigenvalue weighted by Gasteiger charge is 2.26. The standard InChI is InChI=1S/C23H30N2.C18H28N2.C16H28N2/c1-15(2)19-11-8-10-18(7)22(19)24-14-25-23-20(16(3)4)12-9-13-21(23)17(5)6;1-11(2)15-9-16(12(3)4)18(20-10-19-8)17(13(5)6)14(15)7;1-13-3-5-14(6-4-13)11-15-7-9-16(10-8-15)18-12-17-2/h8-13,15-17H,1-7H3;9,11-13H,1-8H3;13-16H,3-11H2,1-2H3. The zero-order valence-corrected chi connectivity index (χ0v) is 42.9. The first kappa shape index (κ1) is 53.1. The molecule has 0 heterocycles. The van der Waals surface area contributed by atoms with Crippen molar-refractivity contribution in [3.05, 3.63) is 87.0 Å². The van der Waals surface area contributed by atoms with E-state index in [0.29, 0.717) is 41.5 Å². The zero-order chi connectivity index (χ0) is 46.8. The Morgan fingerprint density at radius 1 is 0.492 bits per heavy atom. The Kier molecular flexibility index (Phi) is 22.4. The van der Waals surface area contributed by atoms with E-state index in [-0.39, 0.29) is 0 Å². The molecule has 6 heteroatoms. The molecule has 5 rings (SSSR count). The number of hydrogen-bond acceptors (Lipinski definition) is 6. The van der Waals surface area contributed by atoms with Crippen LogP contribution >= 0.6 is 0 Å². The van der Waals surface area contributed by atoms with Crippen molar-refractivity contribution in [1.82, 2.24) is 0 Å². The van der Waals surface area contributed by atoms with Crippen LogP contribution in [0.1, 0.15) is 228 Å². The fourth-order valence-corrected chi connectivity index (χ4v) is 9.56. The van der Waals surface area contributed by atoms with Gasteiger partial charge in [0.15, 0.2) is 0 Å². The minimum Gasteiger partial charge on any atom is -0.229 e. The average Bonchev–Trinajstić information content (AvgIpc) is 3.23. The summed E-state index contributed by atoms with van der Waals surface area (Å²) in [5.74, 6) is 5.69. The number of hydrogen-bond donors (Lipinski definition) is 0. The quantitative estimate of drug-likeness (QED) is 0.163. The van der Waals surface area contributed by atoms with Gasteiger partial charge in [0.05, 0.1) is 35.1 Å². The molecular weight excluding hydrogens is 769 g/mol. The number of nitrogens with zero attached hydrogens (tertiary/aromatic N) is 6. The van der Waals surface area contributed by atoms with Crippen molar-refractivity contribution in [3.63, 3.8) is 0 Å². The molecule has 2 saturated carbocycles. The molecule has 3 aromatic carbocycles. The number of rotatable bonds is 12. The van der Waals surface area contributed by atoms with Gasteiger partial charge in [-0.1, -0.05) is 158 Å². The number of benzene rings is 3. The Bertz CT molecular complexity index is 2040. The molecule has 0 saturated heterocycles. The first-order valence-corrected chi connectivity index (χ1v) is 24.6. The van der Waals surface area contributed by atoms with Gasteiger partial charge in [-0.25, -0.2) is 15.0 Å². The summed E-state index contributed by atoms with van der Waals surface area (Å²) in [6, 6.07) is 24.1. The Labute approximate surface area is 385 Å². The summed E-state index contributed by atoms with van der Waals surface area (Å²) in [5, 5.41) is 0. The summed E-state index contributed by atoms with van der Waals surface area (Å²) in [6.45, 7) is 33.3. The molecule has 0 atom stereocenters. The molecule has 0 unspecified atom stereocenters. The van der Waals surface area contributed by atoms with Crippen molar-refractivity contribution < 1.29 is 0 Å². The summed E-state index contributed by atoms with van der Waals surface area (Å²) in [4.78, 5) is 25.9. The maximum atomic E-state index is 4.67. The van der Waals surface area contributed by atoms with Crippen LogP contribution in [0.3, 0.4) is 0 Å². The lowest BCUT2D eigenvalue weighted by Crippen LogP contribution is -2.21. The van der Waals surface area contributed by atoms with E-state index in [4.69, 9.17) is 0 Å². The van der Waals surface area contributed by atoms with Gasteiger partial charge in [0, 0.05) is 14.1 Å². The minimum absolute atomic E-state index is 0.420. The van der Waals surface area contributed by atoms with E-state index in [1.807, 2.05) is 0 Å². The lowest BCUT2D eigenvalue weighted by Gasteiger charge is -2.32. The van der Waals surface area contributed by atoms with E-state index >= 15 is 0 Å². The van der Waals surface area contributed by atoms with Gasteiger partial charge in [-0.15, -0.1) is 0 Å². The van der Waals surface area contributed by atoms with E-state index in [2.05, 4.69) is 194 Å². The number of aliphatic imine (C=N–C) groups is 6. The summed E-state index contributed by atoms with van der Waals surface area (Å²) in [7, 11) is 3.46. The predicted molar refractivity (Wildman–Crippen MR) is 275 cm³/mol. The Morgan fingerprint density at radius 3 is 1.41 bits per heavy atom. The van der Waals surface area contributed by atoms with Crippen LogP contribution in [-0.2, 0) is 0 Å². The Balaban J connectivity index is 0.000000255. The summed E-state index contributed by atoms with van der Waals surface area (Å²) in [5.41, 5.74) is 13.5. The van der Waals surface area contributed by atoms with Crippen LogP contribution in [0.5, 0.6) is 0 Å². The first-order chi connectivity index (χ1) is 29.9. The second-order valence-electron chi connectivity index (χ2n) is 20.4. The van der Waals surface area contributed by atoms with Gasteiger partial charge >= 0.3 is 0 Å². The maximum Gasteiger partial charge on any atom is 0.101 e. The summed E-state index contributed by atoms with van der Waals surface area (Å²) < 4.78 is 0. The van der Waals surface area contributed by atoms with Gasteiger partial charge in [0.1, 0.15) is 6.01 Å². The Morgan fingerprint density at radius 2 is 0.937 bits per heavy atom. The highest BCUT2D eigenvalue weighted by Crippen LogP contribution is 2.41. The molecule has 2 aliphatic rings. The van der Waals surface area contributed by atoms with Crippen molar-refractivity contribution in [2.75, 3.05) is 14.1 Å². The molecule has 0 aliphatic heterocycles. The molecule has 6 nitrogen and oxygen atoms in total.